The Hall–Kier alpha value is -0.120. The zero-order chi connectivity index (χ0) is 8.98. The van der Waals surface area contributed by atoms with Crippen molar-refractivity contribution >= 4 is 0 Å². The van der Waals surface area contributed by atoms with E-state index in [2.05, 4.69) is 13.8 Å². The van der Waals surface area contributed by atoms with Crippen molar-refractivity contribution in [2.45, 2.75) is 45.2 Å². The summed E-state index contributed by atoms with van der Waals surface area (Å²) < 4.78 is 11.0. The number of fused-ring (bicyclic) bond motifs is 2. The van der Waals surface area contributed by atoms with E-state index < -0.39 is 5.60 Å². The third-order valence-corrected chi connectivity index (χ3v) is 2.83. The molecule has 2 rings (SSSR count). The Morgan fingerprint density at radius 3 is 2.67 bits per heavy atom. The van der Waals surface area contributed by atoms with E-state index in [1.54, 1.807) is 0 Å². The van der Waals surface area contributed by atoms with Gasteiger partial charge in [-0.1, -0.05) is 13.8 Å². The van der Waals surface area contributed by atoms with E-state index in [0.717, 1.165) is 6.42 Å². The molecule has 1 N–H and O–H groups in total. The molecule has 0 aromatic carbocycles. The summed E-state index contributed by atoms with van der Waals surface area (Å²) in [5.74, 6) is 0. The lowest BCUT2D eigenvalue weighted by Crippen LogP contribution is -2.51. The highest BCUT2D eigenvalue weighted by Crippen LogP contribution is 2.45. The average Bonchev–Trinajstić information content (AvgIpc) is 2.26. The normalized spacial score (nSPS) is 51.0. The zero-order valence-electron chi connectivity index (χ0n) is 7.83. The SMILES string of the molecule is CC1(C)C[C@@](C)(O)[C@H]2CO[C@@H]1O2. The summed E-state index contributed by atoms with van der Waals surface area (Å²) in [6.45, 7) is 6.48. The van der Waals surface area contributed by atoms with E-state index in [1.165, 1.54) is 0 Å². The van der Waals surface area contributed by atoms with E-state index >= 15 is 0 Å². The van der Waals surface area contributed by atoms with Crippen LogP contribution in [0.5, 0.6) is 0 Å². The van der Waals surface area contributed by atoms with Gasteiger partial charge in [-0.25, -0.2) is 0 Å². The van der Waals surface area contributed by atoms with E-state index in [1.807, 2.05) is 6.92 Å². The minimum Gasteiger partial charge on any atom is -0.387 e. The van der Waals surface area contributed by atoms with Crippen LogP contribution in [-0.4, -0.2) is 29.7 Å². The molecule has 12 heavy (non-hydrogen) atoms. The summed E-state index contributed by atoms with van der Waals surface area (Å²) in [5, 5.41) is 9.99. The molecular weight excluding hydrogens is 156 g/mol. The highest BCUT2D eigenvalue weighted by atomic mass is 16.7. The Balaban J connectivity index is 2.26. The lowest BCUT2D eigenvalue weighted by atomic mass is 9.77. The summed E-state index contributed by atoms with van der Waals surface area (Å²) in [6, 6.07) is 0. The van der Waals surface area contributed by atoms with Crippen LogP contribution < -0.4 is 0 Å². The van der Waals surface area contributed by atoms with Gasteiger partial charge in [0.25, 0.3) is 0 Å². The molecule has 2 saturated heterocycles. The summed E-state index contributed by atoms with van der Waals surface area (Å²) in [6.07, 6.45) is 0.494. The first-order valence-electron chi connectivity index (χ1n) is 4.41. The third-order valence-electron chi connectivity index (χ3n) is 2.83. The van der Waals surface area contributed by atoms with Crippen molar-refractivity contribution in [2.75, 3.05) is 6.61 Å². The maximum absolute atomic E-state index is 9.99. The molecule has 2 fully saturated rings. The van der Waals surface area contributed by atoms with Gasteiger partial charge < -0.3 is 14.6 Å². The van der Waals surface area contributed by atoms with Gasteiger partial charge in [0.15, 0.2) is 6.29 Å². The Kier molecular flexibility index (Phi) is 1.57. The van der Waals surface area contributed by atoms with Gasteiger partial charge in [-0.3, -0.25) is 0 Å². The summed E-state index contributed by atoms with van der Waals surface area (Å²) in [4.78, 5) is 0. The van der Waals surface area contributed by atoms with Gasteiger partial charge in [-0.05, 0) is 13.3 Å². The van der Waals surface area contributed by atoms with Crippen LogP contribution in [0.3, 0.4) is 0 Å². The van der Waals surface area contributed by atoms with Crippen LogP contribution in [0.4, 0.5) is 0 Å². The molecule has 0 amide bonds. The van der Waals surface area contributed by atoms with Gasteiger partial charge in [0.2, 0.25) is 0 Å². The standard InChI is InChI=1S/C9H16O3/c1-8(2)5-9(3,10)6-4-11-7(8)12-6/h6-7,10H,4-5H2,1-3H3/t6-,7-,9-/m1/s1. The molecule has 2 heterocycles. The Bertz CT molecular complexity index is 178. The van der Waals surface area contributed by atoms with Crippen molar-refractivity contribution < 1.29 is 14.6 Å². The number of rotatable bonds is 0. The van der Waals surface area contributed by atoms with Crippen LogP contribution in [0.2, 0.25) is 0 Å². The van der Waals surface area contributed by atoms with Crippen molar-refractivity contribution in [3.63, 3.8) is 0 Å². The largest absolute Gasteiger partial charge is 0.387 e. The molecule has 2 aliphatic heterocycles. The summed E-state index contributed by atoms with van der Waals surface area (Å²) in [7, 11) is 0. The number of hydrogen-bond acceptors (Lipinski definition) is 3. The molecule has 2 bridgehead atoms. The molecule has 70 valence electrons. The van der Waals surface area contributed by atoms with Crippen molar-refractivity contribution in [1.29, 1.82) is 0 Å². The van der Waals surface area contributed by atoms with E-state index in [9.17, 15) is 5.11 Å². The van der Waals surface area contributed by atoms with Crippen LogP contribution in [-0.2, 0) is 9.47 Å². The predicted octanol–water partition coefficient (Wildman–Crippen LogP) is 0.909. The summed E-state index contributed by atoms with van der Waals surface area (Å²) >= 11 is 0. The zero-order valence-corrected chi connectivity index (χ0v) is 7.83. The molecular formula is C9H16O3. The fourth-order valence-corrected chi connectivity index (χ4v) is 2.26. The first-order chi connectivity index (χ1) is 5.42. The van der Waals surface area contributed by atoms with Crippen LogP contribution >= 0.6 is 0 Å². The van der Waals surface area contributed by atoms with Gasteiger partial charge in [-0.2, -0.15) is 0 Å². The second-order valence-corrected chi connectivity index (χ2v) is 4.81. The molecule has 3 heteroatoms. The van der Waals surface area contributed by atoms with Crippen molar-refractivity contribution in [2.24, 2.45) is 5.41 Å². The highest BCUT2D eigenvalue weighted by molar-refractivity contribution is 4.98. The van der Waals surface area contributed by atoms with E-state index in [0.29, 0.717) is 6.61 Å². The van der Waals surface area contributed by atoms with Crippen molar-refractivity contribution in [3.05, 3.63) is 0 Å². The molecule has 0 aromatic rings. The van der Waals surface area contributed by atoms with Gasteiger partial charge in [-0.15, -0.1) is 0 Å². The molecule has 0 aliphatic carbocycles. The maximum Gasteiger partial charge on any atom is 0.163 e. The fourth-order valence-electron chi connectivity index (χ4n) is 2.26. The average molecular weight is 172 g/mol. The highest BCUT2D eigenvalue weighted by Gasteiger charge is 2.53. The molecule has 3 nitrogen and oxygen atoms in total. The van der Waals surface area contributed by atoms with Crippen molar-refractivity contribution in [3.8, 4) is 0 Å². The Morgan fingerprint density at radius 1 is 1.33 bits per heavy atom. The fraction of sp³-hybridized carbons (Fsp3) is 1.00. The van der Waals surface area contributed by atoms with Crippen molar-refractivity contribution in [1.82, 2.24) is 0 Å². The monoisotopic (exact) mass is 172 g/mol. The maximum atomic E-state index is 9.99. The lowest BCUT2D eigenvalue weighted by Gasteiger charge is -2.42. The van der Waals surface area contributed by atoms with Gasteiger partial charge in [0.1, 0.15) is 6.10 Å². The topological polar surface area (TPSA) is 38.7 Å². The van der Waals surface area contributed by atoms with Crippen LogP contribution in [0.15, 0.2) is 0 Å². The number of aliphatic hydroxyl groups is 1. The van der Waals surface area contributed by atoms with Crippen LogP contribution in [0.1, 0.15) is 27.2 Å². The van der Waals surface area contributed by atoms with Gasteiger partial charge in [0, 0.05) is 5.41 Å². The smallest absolute Gasteiger partial charge is 0.163 e. The minimum atomic E-state index is -0.726. The molecule has 0 unspecified atom stereocenters. The lowest BCUT2D eigenvalue weighted by molar-refractivity contribution is -0.216. The number of hydrogen-bond donors (Lipinski definition) is 1. The first-order valence-corrected chi connectivity index (χ1v) is 4.41. The second-order valence-electron chi connectivity index (χ2n) is 4.81. The predicted molar refractivity (Wildman–Crippen MR) is 43.6 cm³/mol. The summed E-state index contributed by atoms with van der Waals surface area (Å²) in [5.41, 5.74) is -0.799. The van der Waals surface area contributed by atoms with Crippen LogP contribution in [0.25, 0.3) is 0 Å². The second kappa shape index (κ2) is 2.22. The third kappa shape index (κ3) is 1.08. The first kappa shape index (κ1) is 8.48. The molecule has 0 saturated carbocycles. The Labute approximate surface area is 72.7 Å². The Morgan fingerprint density at radius 2 is 2.00 bits per heavy atom. The molecule has 3 atom stereocenters. The van der Waals surface area contributed by atoms with E-state index in [4.69, 9.17) is 9.47 Å². The quantitative estimate of drug-likeness (QED) is 0.590. The molecule has 2 aliphatic rings. The van der Waals surface area contributed by atoms with E-state index in [-0.39, 0.29) is 17.8 Å². The molecule has 0 aromatic heterocycles. The van der Waals surface area contributed by atoms with Gasteiger partial charge in [0.05, 0.1) is 12.2 Å². The van der Waals surface area contributed by atoms with Gasteiger partial charge >= 0.3 is 0 Å². The minimum absolute atomic E-state index is 0.0729. The molecule has 0 radical (unpaired) electrons. The molecule has 0 spiro atoms. The number of ether oxygens (including phenoxy) is 2. The van der Waals surface area contributed by atoms with Crippen LogP contribution in [0, 0.1) is 5.41 Å².